The highest BCUT2D eigenvalue weighted by Crippen LogP contribution is 2.35. The molecule has 0 spiro atoms. The fraction of sp³-hybridized carbons (Fsp3) is 0.308. The Labute approximate surface area is 112 Å². The van der Waals surface area contributed by atoms with Crippen LogP contribution in [0.25, 0.3) is 10.6 Å². The van der Waals surface area contributed by atoms with Crippen LogP contribution < -0.4 is 0 Å². The maximum atomic E-state index is 9.66. The molecule has 0 saturated heterocycles. The highest BCUT2D eigenvalue weighted by Gasteiger charge is 2.21. The van der Waals surface area contributed by atoms with Gasteiger partial charge in [-0.1, -0.05) is 34.1 Å². The zero-order valence-electron chi connectivity index (χ0n) is 9.19. The van der Waals surface area contributed by atoms with Crippen LogP contribution in [-0.4, -0.2) is 16.2 Å². The minimum Gasteiger partial charge on any atom is -0.393 e. The van der Waals surface area contributed by atoms with E-state index in [0.29, 0.717) is 0 Å². The van der Waals surface area contributed by atoms with Crippen molar-refractivity contribution < 1.29 is 5.11 Å². The number of nitrogens with zero attached hydrogens (tertiary/aromatic N) is 1. The zero-order chi connectivity index (χ0) is 11.8. The molecule has 2 aromatic rings. The Hall–Kier alpha value is -0.710. The number of hydrogen-bond donors (Lipinski definition) is 1. The van der Waals surface area contributed by atoms with Crippen molar-refractivity contribution in [1.82, 2.24) is 4.98 Å². The third kappa shape index (κ3) is 2.17. The minimum absolute atomic E-state index is 0.185. The molecule has 88 valence electrons. The van der Waals surface area contributed by atoms with Crippen LogP contribution in [0.4, 0.5) is 0 Å². The van der Waals surface area contributed by atoms with Gasteiger partial charge in [0.25, 0.3) is 0 Å². The third-order valence-corrected chi connectivity index (χ3v) is 4.86. The molecule has 0 amide bonds. The lowest BCUT2D eigenvalue weighted by Crippen LogP contribution is -2.17. The Balaban J connectivity index is 2.03. The van der Waals surface area contributed by atoms with Crippen molar-refractivity contribution in [2.75, 3.05) is 0 Å². The molecule has 1 heterocycles. The van der Waals surface area contributed by atoms with Crippen LogP contribution in [0, 0.1) is 0 Å². The zero-order valence-corrected chi connectivity index (χ0v) is 11.6. The van der Waals surface area contributed by atoms with E-state index in [1.807, 2.05) is 18.2 Å². The molecule has 1 aromatic carbocycles. The predicted molar refractivity (Wildman–Crippen MR) is 73.3 cm³/mol. The summed E-state index contributed by atoms with van der Waals surface area (Å²) >= 11 is 5.26. The summed E-state index contributed by atoms with van der Waals surface area (Å²) in [5.41, 5.74) is 2.31. The maximum absolute atomic E-state index is 9.66. The van der Waals surface area contributed by atoms with Crippen molar-refractivity contribution in [1.29, 1.82) is 0 Å². The van der Waals surface area contributed by atoms with Gasteiger partial charge in [0, 0.05) is 21.3 Å². The molecule has 0 radical (unpaired) electrons. The SMILES string of the molecule is OC1CCc2nc(-c3ccccc3Br)sc2C1. The molecule has 0 aliphatic heterocycles. The van der Waals surface area contributed by atoms with Gasteiger partial charge in [-0.15, -0.1) is 11.3 Å². The second-order valence-corrected chi connectivity index (χ2v) is 6.20. The fourth-order valence-electron chi connectivity index (χ4n) is 2.11. The molecule has 3 rings (SSSR count). The number of halogens is 1. The van der Waals surface area contributed by atoms with Gasteiger partial charge in [-0.05, 0) is 18.9 Å². The number of benzene rings is 1. The normalized spacial score (nSPS) is 19.1. The van der Waals surface area contributed by atoms with Crippen LogP contribution >= 0.6 is 27.3 Å². The van der Waals surface area contributed by atoms with Crippen molar-refractivity contribution in [3.63, 3.8) is 0 Å². The molecule has 0 bridgehead atoms. The van der Waals surface area contributed by atoms with Crippen LogP contribution in [0.1, 0.15) is 17.0 Å². The Morgan fingerprint density at radius 2 is 2.18 bits per heavy atom. The Bertz CT molecular complexity index is 552. The molecule has 1 aliphatic rings. The van der Waals surface area contributed by atoms with Crippen molar-refractivity contribution in [2.24, 2.45) is 0 Å². The molecule has 1 aromatic heterocycles. The average molecular weight is 310 g/mol. The lowest BCUT2D eigenvalue weighted by Gasteiger charge is -2.14. The first kappa shape index (κ1) is 11.4. The molecule has 0 saturated carbocycles. The van der Waals surface area contributed by atoms with Crippen molar-refractivity contribution >= 4 is 27.3 Å². The quantitative estimate of drug-likeness (QED) is 0.875. The van der Waals surface area contributed by atoms with Gasteiger partial charge in [-0.2, -0.15) is 0 Å². The van der Waals surface area contributed by atoms with Crippen molar-refractivity contribution in [3.8, 4) is 10.6 Å². The molecule has 1 atom stereocenters. The number of rotatable bonds is 1. The summed E-state index contributed by atoms with van der Waals surface area (Å²) in [5.74, 6) is 0. The summed E-state index contributed by atoms with van der Waals surface area (Å²) in [7, 11) is 0. The maximum Gasteiger partial charge on any atom is 0.125 e. The number of aryl methyl sites for hydroxylation is 1. The molecule has 4 heteroatoms. The predicted octanol–water partition coefficient (Wildman–Crippen LogP) is 3.42. The van der Waals surface area contributed by atoms with E-state index in [4.69, 9.17) is 4.98 Å². The molecular formula is C13H12BrNOS. The lowest BCUT2D eigenvalue weighted by atomic mass is 10.0. The lowest BCUT2D eigenvalue weighted by molar-refractivity contribution is 0.159. The van der Waals surface area contributed by atoms with Crippen LogP contribution in [0.2, 0.25) is 0 Å². The largest absolute Gasteiger partial charge is 0.393 e. The monoisotopic (exact) mass is 309 g/mol. The van der Waals surface area contributed by atoms with E-state index in [0.717, 1.165) is 34.3 Å². The number of thiazole rings is 1. The fourth-order valence-corrected chi connectivity index (χ4v) is 3.93. The summed E-state index contributed by atoms with van der Waals surface area (Å²) < 4.78 is 1.08. The van der Waals surface area contributed by atoms with Crippen molar-refractivity contribution in [3.05, 3.63) is 39.3 Å². The Kier molecular flexibility index (Phi) is 3.03. The molecule has 2 nitrogen and oxygen atoms in total. The van der Waals surface area contributed by atoms with Crippen molar-refractivity contribution in [2.45, 2.75) is 25.4 Å². The average Bonchev–Trinajstić information content (AvgIpc) is 2.72. The highest BCUT2D eigenvalue weighted by atomic mass is 79.9. The van der Waals surface area contributed by atoms with E-state index in [-0.39, 0.29) is 6.10 Å². The second kappa shape index (κ2) is 4.52. The van der Waals surface area contributed by atoms with E-state index < -0.39 is 0 Å². The minimum atomic E-state index is -0.185. The smallest absolute Gasteiger partial charge is 0.125 e. The summed E-state index contributed by atoms with van der Waals surface area (Å²) in [6.45, 7) is 0. The van der Waals surface area contributed by atoms with Crippen LogP contribution in [0.15, 0.2) is 28.7 Å². The molecular weight excluding hydrogens is 298 g/mol. The van der Waals surface area contributed by atoms with Gasteiger partial charge < -0.3 is 5.11 Å². The Morgan fingerprint density at radius 3 is 3.00 bits per heavy atom. The topological polar surface area (TPSA) is 33.1 Å². The molecule has 17 heavy (non-hydrogen) atoms. The number of aliphatic hydroxyl groups is 1. The van der Waals surface area contributed by atoms with Gasteiger partial charge in [0.1, 0.15) is 5.01 Å². The third-order valence-electron chi connectivity index (χ3n) is 3.02. The van der Waals surface area contributed by atoms with Gasteiger partial charge in [0.15, 0.2) is 0 Å². The highest BCUT2D eigenvalue weighted by molar-refractivity contribution is 9.10. The molecule has 1 unspecified atom stereocenters. The van der Waals surface area contributed by atoms with Gasteiger partial charge in [0.05, 0.1) is 11.8 Å². The van der Waals surface area contributed by atoms with E-state index in [9.17, 15) is 5.11 Å². The van der Waals surface area contributed by atoms with E-state index >= 15 is 0 Å². The summed E-state index contributed by atoms with van der Waals surface area (Å²) in [6.07, 6.45) is 2.32. The molecule has 1 aliphatic carbocycles. The number of fused-ring (bicyclic) bond motifs is 1. The van der Waals surface area contributed by atoms with Gasteiger partial charge >= 0.3 is 0 Å². The summed E-state index contributed by atoms with van der Waals surface area (Å²) in [5, 5.41) is 10.7. The van der Waals surface area contributed by atoms with Gasteiger partial charge in [-0.3, -0.25) is 0 Å². The first-order valence-electron chi connectivity index (χ1n) is 5.65. The first-order chi connectivity index (χ1) is 8.24. The molecule has 0 fully saturated rings. The summed E-state index contributed by atoms with van der Waals surface area (Å²) in [6, 6.07) is 8.13. The number of hydrogen-bond acceptors (Lipinski definition) is 3. The second-order valence-electron chi connectivity index (χ2n) is 4.27. The van der Waals surface area contributed by atoms with Crippen LogP contribution in [0.3, 0.4) is 0 Å². The van der Waals surface area contributed by atoms with Gasteiger partial charge in [0.2, 0.25) is 0 Å². The standard InChI is InChI=1S/C13H12BrNOS/c14-10-4-2-1-3-9(10)13-15-11-6-5-8(16)7-12(11)17-13/h1-4,8,16H,5-7H2. The number of aromatic nitrogens is 1. The van der Waals surface area contributed by atoms with E-state index in [1.165, 1.54) is 10.6 Å². The van der Waals surface area contributed by atoms with E-state index in [2.05, 4.69) is 22.0 Å². The first-order valence-corrected chi connectivity index (χ1v) is 7.26. The van der Waals surface area contributed by atoms with E-state index in [1.54, 1.807) is 11.3 Å². The van der Waals surface area contributed by atoms with Gasteiger partial charge in [-0.25, -0.2) is 4.98 Å². The summed E-state index contributed by atoms with van der Waals surface area (Å²) in [4.78, 5) is 5.94. The molecule has 1 N–H and O–H groups in total. The van der Waals surface area contributed by atoms with Crippen LogP contribution in [0.5, 0.6) is 0 Å². The number of aliphatic hydroxyl groups excluding tert-OH is 1. The Morgan fingerprint density at radius 1 is 1.35 bits per heavy atom. The van der Waals surface area contributed by atoms with Crippen LogP contribution in [-0.2, 0) is 12.8 Å².